The molecule has 2 aliphatic rings. The molecule has 2 saturated heterocycles. The minimum absolute atomic E-state index is 0.343. The summed E-state index contributed by atoms with van der Waals surface area (Å²) in [5.74, 6) is 1.80. The van der Waals surface area contributed by atoms with Gasteiger partial charge >= 0.3 is 0 Å². The number of benzene rings is 1. The molecular weight excluding hydrogens is 326 g/mol. The van der Waals surface area contributed by atoms with E-state index in [1.165, 1.54) is 5.56 Å². The van der Waals surface area contributed by atoms with E-state index in [-0.39, 0.29) is 0 Å². The zero-order chi connectivity index (χ0) is 17.9. The van der Waals surface area contributed by atoms with E-state index in [4.69, 9.17) is 9.72 Å². The van der Waals surface area contributed by atoms with Gasteiger partial charge in [-0.25, -0.2) is 4.98 Å². The molecule has 0 N–H and O–H groups in total. The van der Waals surface area contributed by atoms with Crippen LogP contribution in [0.4, 0.5) is 11.8 Å². The molecule has 0 aliphatic carbocycles. The molecule has 26 heavy (non-hydrogen) atoms. The minimum Gasteiger partial charge on any atom is -0.378 e. The largest absolute Gasteiger partial charge is 0.378 e. The van der Waals surface area contributed by atoms with Crippen molar-refractivity contribution in [3.63, 3.8) is 0 Å². The Morgan fingerprint density at radius 1 is 1.15 bits per heavy atom. The van der Waals surface area contributed by atoms with Crippen LogP contribution >= 0.6 is 0 Å². The lowest BCUT2D eigenvalue weighted by Gasteiger charge is -2.48. The molecule has 2 aliphatic heterocycles. The van der Waals surface area contributed by atoms with Gasteiger partial charge in [-0.05, 0) is 18.6 Å². The standard InChI is InChI=1S/C20H27N5O/c1-3-23(2)19-9-10-21-20(22-19)24-11-12-25-17(13-24)14-26-15-18(25)16-7-5-4-6-8-16/h4-10,17-18H,3,11-15H2,1-2H3/t17-,18-/m1/s1. The molecule has 2 fully saturated rings. The first-order chi connectivity index (χ1) is 12.8. The van der Waals surface area contributed by atoms with Crippen LogP contribution in [-0.2, 0) is 4.74 Å². The van der Waals surface area contributed by atoms with E-state index >= 15 is 0 Å². The van der Waals surface area contributed by atoms with Crippen molar-refractivity contribution in [2.75, 3.05) is 56.2 Å². The second kappa shape index (κ2) is 7.60. The Kier molecular flexibility index (Phi) is 5.04. The van der Waals surface area contributed by atoms with Gasteiger partial charge in [0, 0.05) is 39.4 Å². The monoisotopic (exact) mass is 353 g/mol. The van der Waals surface area contributed by atoms with Gasteiger partial charge in [0.25, 0.3) is 0 Å². The Morgan fingerprint density at radius 3 is 2.81 bits per heavy atom. The number of piperazine rings is 1. The molecule has 0 amide bonds. The molecule has 0 radical (unpaired) electrons. The maximum absolute atomic E-state index is 5.95. The zero-order valence-corrected chi connectivity index (χ0v) is 15.6. The van der Waals surface area contributed by atoms with Crippen molar-refractivity contribution in [1.82, 2.24) is 14.9 Å². The normalized spacial score (nSPS) is 23.5. The Hall–Kier alpha value is -2.18. The molecule has 0 unspecified atom stereocenters. The minimum atomic E-state index is 0.343. The highest BCUT2D eigenvalue weighted by atomic mass is 16.5. The maximum atomic E-state index is 5.95. The van der Waals surface area contributed by atoms with E-state index < -0.39 is 0 Å². The summed E-state index contributed by atoms with van der Waals surface area (Å²) < 4.78 is 5.95. The first-order valence-electron chi connectivity index (χ1n) is 9.44. The van der Waals surface area contributed by atoms with Gasteiger partial charge in [0.2, 0.25) is 5.95 Å². The van der Waals surface area contributed by atoms with E-state index in [1.54, 1.807) is 0 Å². The number of fused-ring (bicyclic) bond motifs is 1. The molecule has 6 heteroatoms. The van der Waals surface area contributed by atoms with Crippen LogP contribution in [0.1, 0.15) is 18.5 Å². The van der Waals surface area contributed by atoms with Crippen LogP contribution in [0.25, 0.3) is 0 Å². The third-order valence-electron chi connectivity index (χ3n) is 5.48. The van der Waals surface area contributed by atoms with Crippen molar-refractivity contribution in [1.29, 1.82) is 0 Å². The number of morpholine rings is 1. The fourth-order valence-electron chi connectivity index (χ4n) is 3.85. The molecule has 1 aromatic carbocycles. The smallest absolute Gasteiger partial charge is 0.227 e. The second-order valence-corrected chi connectivity index (χ2v) is 7.03. The topological polar surface area (TPSA) is 44.7 Å². The molecule has 0 saturated carbocycles. The first-order valence-corrected chi connectivity index (χ1v) is 9.44. The summed E-state index contributed by atoms with van der Waals surface area (Å²) in [6, 6.07) is 13.4. The molecule has 138 valence electrons. The second-order valence-electron chi connectivity index (χ2n) is 7.03. The third kappa shape index (κ3) is 3.39. The Bertz CT molecular complexity index is 725. The number of hydrogen-bond acceptors (Lipinski definition) is 6. The highest BCUT2D eigenvalue weighted by molar-refractivity contribution is 5.43. The fraction of sp³-hybridized carbons (Fsp3) is 0.500. The van der Waals surface area contributed by atoms with Gasteiger partial charge < -0.3 is 14.5 Å². The van der Waals surface area contributed by atoms with Gasteiger partial charge in [-0.15, -0.1) is 0 Å². The van der Waals surface area contributed by atoms with E-state index in [0.29, 0.717) is 12.1 Å². The van der Waals surface area contributed by atoms with Crippen LogP contribution in [0.15, 0.2) is 42.6 Å². The number of nitrogens with zero attached hydrogens (tertiary/aromatic N) is 5. The lowest BCUT2D eigenvalue weighted by molar-refractivity contribution is -0.0548. The van der Waals surface area contributed by atoms with Gasteiger partial charge in [-0.1, -0.05) is 30.3 Å². The molecule has 0 spiro atoms. The van der Waals surface area contributed by atoms with Crippen molar-refractivity contribution < 1.29 is 4.74 Å². The van der Waals surface area contributed by atoms with Crippen molar-refractivity contribution in [2.45, 2.75) is 19.0 Å². The summed E-state index contributed by atoms with van der Waals surface area (Å²) in [6.07, 6.45) is 1.86. The number of aromatic nitrogens is 2. The van der Waals surface area contributed by atoms with Gasteiger partial charge in [-0.2, -0.15) is 4.98 Å². The summed E-state index contributed by atoms with van der Waals surface area (Å²) in [4.78, 5) is 16.3. The predicted octanol–water partition coefficient (Wildman–Crippen LogP) is 2.19. The van der Waals surface area contributed by atoms with E-state index in [1.807, 2.05) is 12.3 Å². The molecule has 2 aromatic rings. The Labute approximate surface area is 155 Å². The van der Waals surface area contributed by atoms with Gasteiger partial charge in [0.1, 0.15) is 5.82 Å². The van der Waals surface area contributed by atoms with Crippen LogP contribution in [0.2, 0.25) is 0 Å². The SMILES string of the molecule is CCN(C)c1ccnc(N2CCN3[C@@H](COC[C@@H]3c3ccccc3)C2)n1. The lowest BCUT2D eigenvalue weighted by atomic mass is 10.0. The van der Waals surface area contributed by atoms with Gasteiger partial charge in [0.15, 0.2) is 0 Å². The van der Waals surface area contributed by atoms with Crippen molar-refractivity contribution in [3.8, 4) is 0 Å². The quantitative estimate of drug-likeness (QED) is 0.840. The van der Waals surface area contributed by atoms with Crippen LogP contribution in [0.3, 0.4) is 0 Å². The third-order valence-corrected chi connectivity index (χ3v) is 5.48. The van der Waals surface area contributed by atoms with Gasteiger partial charge in [0.05, 0.1) is 25.3 Å². The summed E-state index contributed by atoms with van der Waals surface area (Å²) in [7, 11) is 2.06. The summed E-state index contributed by atoms with van der Waals surface area (Å²) in [5.41, 5.74) is 1.34. The molecule has 2 atom stereocenters. The predicted molar refractivity (Wildman–Crippen MR) is 104 cm³/mol. The number of anilines is 2. The average molecular weight is 353 g/mol. The Morgan fingerprint density at radius 2 is 2.00 bits per heavy atom. The Balaban J connectivity index is 1.50. The van der Waals surface area contributed by atoms with Crippen molar-refractivity contribution in [2.24, 2.45) is 0 Å². The van der Waals surface area contributed by atoms with Crippen LogP contribution in [-0.4, -0.2) is 67.4 Å². The lowest BCUT2D eigenvalue weighted by Crippen LogP contribution is -2.59. The van der Waals surface area contributed by atoms with Crippen LogP contribution < -0.4 is 9.80 Å². The fourth-order valence-corrected chi connectivity index (χ4v) is 3.85. The maximum Gasteiger partial charge on any atom is 0.227 e. The highest BCUT2D eigenvalue weighted by Gasteiger charge is 2.37. The molecule has 4 rings (SSSR count). The van der Waals surface area contributed by atoms with E-state index in [0.717, 1.165) is 51.2 Å². The molecule has 1 aromatic heterocycles. The summed E-state index contributed by atoms with van der Waals surface area (Å²) >= 11 is 0. The van der Waals surface area contributed by atoms with Crippen LogP contribution in [0.5, 0.6) is 0 Å². The number of rotatable bonds is 4. The average Bonchev–Trinajstić information content (AvgIpc) is 2.73. The van der Waals surface area contributed by atoms with E-state index in [2.05, 4.69) is 64.0 Å². The van der Waals surface area contributed by atoms with Gasteiger partial charge in [-0.3, -0.25) is 4.90 Å². The van der Waals surface area contributed by atoms with Crippen molar-refractivity contribution in [3.05, 3.63) is 48.2 Å². The molecule has 3 heterocycles. The summed E-state index contributed by atoms with van der Waals surface area (Å²) in [5, 5.41) is 0. The zero-order valence-electron chi connectivity index (χ0n) is 15.6. The molecular formula is C20H27N5O. The highest BCUT2D eigenvalue weighted by Crippen LogP contribution is 2.30. The van der Waals surface area contributed by atoms with Crippen molar-refractivity contribution >= 4 is 11.8 Å². The molecule has 0 bridgehead atoms. The first kappa shape index (κ1) is 17.2. The van der Waals surface area contributed by atoms with E-state index in [9.17, 15) is 0 Å². The molecule has 6 nitrogen and oxygen atoms in total. The number of hydrogen-bond donors (Lipinski definition) is 0. The summed E-state index contributed by atoms with van der Waals surface area (Å²) in [6.45, 7) is 7.46. The number of ether oxygens (including phenoxy) is 1. The van der Waals surface area contributed by atoms with Crippen LogP contribution in [0, 0.1) is 0 Å².